The minimum atomic E-state index is -0.252. The van der Waals surface area contributed by atoms with E-state index in [1.807, 2.05) is 12.1 Å². The number of halogens is 1. The number of carbonyl (C=O) groups excluding carboxylic acids is 2. The molecule has 1 aromatic heterocycles. The molecule has 3 nitrogen and oxygen atoms in total. The molecular weight excluding hydrogens is 302 g/mol. The second-order valence-electron chi connectivity index (χ2n) is 3.56. The number of nitrogens with zero attached hydrogens (tertiary/aromatic N) is 1. The van der Waals surface area contributed by atoms with Crippen LogP contribution in [0.25, 0.3) is 0 Å². The Bertz CT molecular complexity index is 604. The zero-order chi connectivity index (χ0) is 12.0. The number of benzene rings is 1. The molecule has 1 aliphatic heterocycles. The van der Waals surface area contributed by atoms with Crippen molar-refractivity contribution in [1.82, 2.24) is 0 Å². The van der Waals surface area contributed by atoms with Gasteiger partial charge in [0.05, 0.1) is 11.3 Å². The van der Waals surface area contributed by atoms with E-state index < -0.39 is 0 Å². The number of carbonyl (C=O) groups is 2. The molecule has 0 unspecified atom stereocenters. The Morgan fingerprint density at radius 3 is 2.53 bits per heavy atom. The summed E-state index contributed by atoms with van der Waals surface area (Å²) in [7, 11) is 0. The molecule has 1 aromatic carbocycles. The van der Waals surface area contributed by atoms with Crippen LogP contribution in [-0.4, -0.2) is 11.8 Å². The van der Waals surface area contributed by atoms with Crippen molar-refractivity contribution in [3.63, 3.8) is 0 Å². The van der Waals surface area contributed by atoms with Crippen molar-refractivity contribution >= 4 is 44.8 Å². The summed E-state index contributed by atoms with van der Waals surface area (Å²) >= 11 is 4.65. The monoisotopic (exact) mass is 307 g/mol. The summed E-state index contributed by atoms with van der Waals surface area (Å²) in [5.41, 5.74) is 1.08. The number of para-hydroxylation sites is 1. The quantitative estimate of drug-likeness (QED) is 0.758. The smallest absolute Gasteiger partial charge is 0.268 e. The van der Waals surface area contributed by atoms with Crippen LogP contribution in [0.5, 0.6) is 0 Å². The Hall–Kier alpha value is -1.46. The molecule has 0 bridgehead atoms. The third-order valence-corrected chi connectivity index (χ3v) is 4.16. The Labute approximate surface area is 110 Å². The van der Waals surface area contributed by atoms with Crippen molar-refractivity contribution in [2.75, 3.05) is 4.90 Å². The molecule has 0 aliphatic carbocycles. The van der Waals surface area contributed by atoms with Crippen LogP contribution in [0, 0.1) is 0 Å². The molecule has 1 aliphatic rings. The lowest BCUT2D eigenvalue weighted by molar-refractivity contribution is 0.0927. The molecule has 84 valence electrons. The van der Waals surface area contributed by atoms with Crippen LogP contribution in [0.2, 0.25) is 0 Å². The molecule has 0 N–H and O–H groups in total. The lowest BCUT2D eigenvalue weighted by atomic mass is 10.3. The maximum Gasteiger partial charge on any atom is 0.276 e. The molecule has 2 aromatic rings. The van der Waals surface area contributed by atoms with Crippen molar-refractivity contribution in [2.45, 2.75) is 0 Å². The largest absolute Gasteiger partial charge is 0.276 e. The van der Waals surface area contributed by atoms with Gasteiger partial charge in [0.2, 0.25) is 0 Å². The standard InChI is InChI=1S/C12H6BrNO2S/c13-8-3-1-2-4-9(8)14-11(15)7-5-6-17-10(7)12(14)16/h1-6H. The highest BCUT2D eigenvalue weighted by Gasteiger charge is 2.38. The average molecular weight is 308 g/mol. The van der Waals surface area contributed by atoms with E-state index in [4.69, 9.17) is 0 Å². The molecule has 0 saturated carbocycles. The maximum atomic E-state index is 12.1. The highest BCUT2D eigenvalue weighted by molar-refractivity contribution is 9.10. The number of thiophene rings is 1. The fraction of sp³-hybridized carbons (Fsp3) is 0. The van der Waals surface area contributed by atoms with Gasteiger partial charge in [0, 0.05) is 4.47 Å². The van der Waals surface area contributed by atoms with E-state index in [0.717, 1.165) is 4.47 Å². The van der Waals surface area contributed by atoms with Crippen LogP contribution in [-0.2, 0) is 0 Å². The van der Waals surface area contributed by atoms with Gasteiger partial charge < -0.3 is 0 Å². The predicted octanol–water partition coefficient (Wildman–Crippen LogP) is 3.31. The van der Waals surface area contributed by atoms with E-state index in [-0.39, 0.29) is 11.8 Å². The van der Waals surface area contributed by atoms with E-state index in [1.54, 1.807) is 23.6 Å². The van der Waals surface area contributed by atoms with E-state index in [1.165, 1.54) is 16.2 Å². The van der Waals surface area contributed by atoms with Crippen molar-refractivity contribution in [3.05, 3.63) is 50.6 Å². The van der Waals surface area contributed by atoms with E-state index >= 15 is 0 Å². The topological polar surface area (TPSA) is 37.4 Å². The Morgan fingerprint density at radius 1 is 1.06 bits per heavy atom. The molecule has 0 spiro atoms. The van der Waals surface area contributed by atoms with Gasteiger partial charge in [-0.3, -0.25) is 9.59 Å². The van der Waals surface area contributed by atoms with E-state index in [0.29, 0.717) is 16.1 Å². The minimum absolute atomic E-state index is 0.244. The van der Waals surface area contributed by atoms with Gasteiger partial charge in [-0.05, 0) is 39.5 Å². The molecule has 17 heavy (non-hydrogen) atoms. The summed E-state index contributed by atoms with van der Waals surface area (Å²) in [4.78, 5) is 26.0. The SMILES string of the molecule is O=C1c2ccsc2C(=O)N1c1ccccc1Br. The lowest BCUT2D eigenvalue weighted by Crippen LogP contribution is -2.29. The molecule has 0 fully saturated rings. The third-order valence-electron chi connectivity index (χ3n) is 2.59. The molecule has 2 amide bonds. The number of amides is 2. The van der Waals surface area contributed by atoms with Gasteiger partial charge in [0.25, 0.3) is 11.8 Å². The number of fused-ring (bicyclic) bond motifs is 1. The first-order valence-corrected chi connectivity index (χ1v) is 6.58. The van der Waals surface area contributed by atoms with Crippen LogP contribution in [0.4, 0.5) is 5.69 Å². The Morgan fingerprint density at radius 2 is 1.82 bits per heavy atom. The fourth-order valence-electron chi connectivity index (χ4n) is 1.81. The number of imide groups is 1. The zero-order valence-electron chi connectivity index (χ0n) is 8.51. The summed E-state index contributed by atoms with van der Waals surface area (Å²) in [6, 6.07) is 8.89. The highest BCUT2D eigenvalue weighted by atomic mass is 79.9. The van der Waals surface area contributed by atoms with Crippen LogP contribution >= 0.6 is 27.3 Å². The predicted molar refractivity (Wildman–Crippen MR) is 69.6 cm³/mol. The fourth-order valence-corrected chi connectivity index (χ4v) is 3.09. The van der Waals surface area contributed by atoms with Crippen molar-refractivity contribution < 1.29 is 9.59 Å². The van der Waals surface area contributed by atoms with E-state index in [9.17, 15) is 9.59 Å². The van der Waals surface area contributed by atoms with Crippen LogP contribution in [0.15, 0.2) is 40.2 Å². The van der Waals surface area contributed by atoms with Gasteiger partial charge in [-0.1, -0.05) is 12.1 Å². The van der Waals surface area contributed by atoms with Gasteiger partial charge in [-0.25, -0.2) is 4.90 Å². The Balaban J connectivity index is 2.14. The number of hydrogen-bond donors (Lipinski definition) is 0. The van der Waals surface area contributed by atoms with Gasteiger partial charge >= 0.3 is 0 Å². The second-order valence-corrected chi connectivity index (χ2v) is 5.33. The second kappa shape index (κ2) is 3.78. The minimum Gasteiger partial charge on any atom is -0.268 e. The maximum absolute atomic E-state index is 12.1. The van der Waals surface area contributed by atoms with Crippen LogP contribution < -0.4 is 4.90 Å². The number of hydrogen-bond acceptors (Lipinski definition) is 3. The summed E-state index contributed by atoms with van der Waals surface area (Å²) in [5, 5.41) is 1.76. The zero-order valence-corrected chi connectivity index (χ0v) is 10.9. The van der Waals surface area contributed by atoms with Crippen molar-refractivity contribution in [2.24, 2.45) is 0 Å². The summed E-state index contributed by atoms with van der Waals surface area (Å²) in [6.07, 6.45) is 0. The normalized spacial score (nSPS) is 14.3. The lowest BCUT2D eigenvalue weighted by Gasteiger charge is -2.15. The molecule has 5 heteroatoms. The summed E-state index contributed by atoms with van der Waals surface area (Å²) in [6.45, 7) is 0. The molecule has 2 heterocycles. The van der Waals surface area contributed by atoms with Gasteiger partial charge in [-0.2, -0.15) is 0 Å². The van der Waals surface area contributed by atoms with Crippen molar-refractivity contribution in [3.8, 4) is 0 Å². The van der Waals surface area contributed by atoms with Gasteiger partial charge in [-0.15, -0.1) is 11.3 Å². The molecule has 0 atom stereocenters. The first kappa shape index (κ1) is 10.7. The van der Waals surface area contributed by atoms with Crippen LogP contribution in [0.3, 0.4) is 0 Å². The van der Waals surface area contributed by atoms with E-state index in [2.05, 4.69) is 15.9 Å². The third kappa shape index (κ3) is 1.46. The first-order chi connectivity index (χ1) is 8.20. The molecular formula is C12H6BrNO2S. The molecule has 3 rings (SSSR count). The van der Waals surface area contributed by atoms with Crippen LogP contribution in [0.1, 0.15) is 20.0 Å². The van der Waals surface area contributed by atoms with Gasteiger partial charge in [0.1, 0.15) is 4.88 Å². The first-order valence-electron chi connectivity index (χ1n) is 4.91. The average Bonchev–Trinajstić information content (AvgIpc) is 2.87. The summed E-state index contributed by atoms with van der Waals surface area (Å²) in [5.74, 6) is -0.495. The molecule has 0 radical (unpaired) electrons. The Kier molecular flexibility index (Phi) is 2.38. The molecule has 0 saturated heterocycles. The van der Waals surface area contributed by atoms with Gasteiger partial charge in [0.15, 0.2) is 0 Å². The van der Waals surface area contributed by atoms with Crippen molar-refractivity contribution in [1.29, 1.82) is 0 Å². The number of anilines is 1. The highest BCUT2D eigenvalue weighted by Crippen LogP contribution is 2.35. The number of rotatable bonds is 1. The summed E-state index contributed by atoms with van der Waals surface area (Å²) < 4.78 is 0.733.